The quantitative estimate of drug-likeness (QED) is 0.826. The molecule has 0 radical (unpaired) electrons. The van der Waals surface area contributed by atoms with Gasteiger partial charge in [0.05, 0.1) is 13.2 Å². The van der Waals surface area contributed by atoms with Crippen molar-refractivity contribution in [3.05, 3.63) is 29.6 Å². The van der Waals surface area contributed by atoms with Crippen LogP contribution in [-0.4, -0.2) is 19.3 Å². The van der Waals surface area contributed by atoms with Gasteiger partial charge in [0.2, 0.25) is 0 Å². The van der Waals surface area contributed by atoms with Crippen LogP contribution in [0.5, 0.6) is 5.75 Å². The van der Waals surface area contributed by atoms with Crippen LogP contribution in [0.4, 0.5) is 4.39 Å². The molecule has 1 aliphatic heterocycles. The smallest absolute Gasteiger partial charge is 0.145 e. The van der Waals surface area contributed by atoms with Crippen LogP contribution in [0.2, 0.25) is 0 Å². The zero-order valence-electron chi connectivity index (χ0n) is 8.57. The van der Waals surface area contributed by atoms with Crippen LogP contribution >= 0.6 is 0 Å². The topological polar surface area (TPSA) is 44.5 Å². The first-order valence-electron chi connectivity index (χ1n) is 4.97. The van der Waals surface area contributed by atoms with Crippen molar-refractivity contribution in [1.29, 1.82) is 0 Å². The molecule has 1 aromatic carbocycles. The summed E-state index contributed by atoms with van der Waals surface area (Å²) in [5.41, 5.74) is 6.13. The number of benzene rings is 1. The molecule has 3 nitrogen and oxygen atoms in total. The van der Waals surface area contributed by atoms with E-state index in [4.69, 9.17) is 15.2 Å². The molecule has 4 heteroatoms. The predicted molar refractivity (Wildman–Crippen MR) is 54.2 cm³/mol. The van der Waals surface area contributed by atoms with Crippen LogP contribution < -0.4 is 10.5 Å². The van der Waals surface area contributed by atoms with Gasteiger partial charge in [-0.2, -0.15) is 0 Å². The number of hydrogen-bond donors (Lipinski definition) is 1. The van der Waals surface area contributed by atoms with Crippen molar-refractivity contribution in [2.75, 3.05) is 13.2 Å². The van der Waals surface area contributed by atoms with Crippen LogP contribution in [-0.2, 0) is 4.74 Å². The standard InChI is InChI=1S/C11H14FNO2/c1-7(13)11-9(12)3-2-4-10(11)15-8-5-14-6-8/h2-4,7-8H,5-6,13H2,1H3/t7-/m0/s1. The van der Waals surface area contributed by atoms with Gasteiger partial charge in [-0.25, -0.2) is 4.39 Å². The molecule has 1 heterocycles. The molecule has 0 bridgehead atoms. The molecule has 1 fully saturated rings. The number of halogens is 1. The molecule has 0 unspecified atom stereocenters. The third-order valence-electron chi connectivity index (χ3n) is 2.37. The zero-order valence-corrected chi connectivity index (χ0v) is 8.57. The fourth-order valence-electron chi connectivity index (χ4n) is 1.52. The van der Waals surface area contributed by atoms with E-state index in [1.54, 1.807) is 19.1 Å². The predicted octanol–water partition coefficient (Wildman–Crippen LogP) is 1.62. The molecule has 2 N–H and O–H groups in total. The summed E-state index contributed by atoms with van der Waals surface area (Å²) in [6.07, 6.45) is 0.0318. The van der Waals surface area contributed by atoms with E-state index in [1.807, 2.05) is 0 Å². The second kappa shape index (κ2) is 4.16. The largest absolute Gasteiger partial charge is 0.485 e. The summed E-state index contributed by atoms with van der Waals surface area (Å²) in [4.78, 5) is 0. The Morgan fingerprint density at radius 3 is 2.80 bits per heavy atom. The van der Waals surface area contributed by atoms with Crippen LogP contribution in [0, 0.1) is 5.82 Å². The Labute approximate surface area is 88.0 Å². The highest BCUT2D eigenvalue weighted by atomic mass is 19.1. The third kappa shape index (κ3) is 2.11. The maximum atomic E-state index is 13.5. The third-order valence-corrected chi connectivity index (χ3v) is 2.37. The molecule has 1 aromatic rings. The van der Waals surface area contributed by atoms with E-state index < -0.39 is 0 Å². The Balaban J connectivity index is 2.23. The van der Waals surface area contributed by atoms with Gasteiger partial charge in [-0.15, -0.1) is 0 Å². The minimum atomic E-state index is -0.373. The van der Waals surface area contributed by atoms with E-state index in [0.29, 0.717) is 24.5 Å². The van der Waals surface area contributed by atoms with Crippen molar-refractivity contribution in [2.24, 2.45) is 5.73 Å². The molecule has 1 saturated heterocycles. The SMILES string of the molecule is C[C@H](N)c1c(F)cccc1OC1COC1. The lowest BCUT2D eigenvalue weighted by atomic mass is 10.1. The van der Waals surface area contributed by atoms with Crippen LogP contribution in [0.25, 0.3) is 0 Å². The molecule has 15 heavy (non-hydrogen) atoms. The number of hydrogen-bond acceptors (Lipinski definition) is 3. The van der Waals surface area contributed by atoms with Gasteiger partial charge in [0, 0.05) is 11.6 Å². The maximum absolute atomic E-state index is 13.5. The lowest BCUT2D eigenvalue weighted by molar-refractivity contribution is -0.0801. The molecule has 0 aromatic heterocycles. The highest BCUT2D eigenvalue weighted by molar-refractivity contribution is 5.37. The number of rotatable bonds is 3. The van der Waals surface area contributed by atoms with E-state index in [0.717, 1.165) is 0 Å². The van der Waals surface area contributed by atoms with Crippen LogP contribution in [0.1, 0.15) is 18.5 Å². The Kier molecular flexibility index (Phi) is 2.88. The molecular weight excluding hydrogens is 197 g/mol. The summed E-state index contributed by atoms with van der Waals surface area (Å²) in [5, 5.41) is 0. The van der Waals surface area contributed by atoms with Gasteiger partial charge < -0.3 is 15.2 Å². The summed E-state index contributed by atoms with van der Waals surface area (Å²) in [6, 6.07) is 4.38. The van der Waals surface area contributed by atoms with E-state index in [9.17, 15) is 4.39 Å². The molecule has 1 aliphatic rings. The normalized spacial score (nSPS) is 18.3. The molecular formula is C11H14FNO2. The van der Waals surface area contributed by atoms with Crippen molar-refractivity contribution < 1.29 is 13.9 Å². The van der Waals surface area contributed by atoms with Crippen LogP contribution in [0.3, 0.4) is 0 Å². The summed E-state index contributed by atoms with van der Waals surface area (Å²) in [6.45, 7) is 2.87. The Bertz CT molecular complexity index is 350. The van der Waals surface area contributed by atoms with Crippen molar-refractivity contribution in [1.82, 2.24) is 0 Å². The minimum Gasteiger partial charge on any atom is -0.485 e. The molecule has 0 amide bonds. The number of ether oxygens (including phenoxy) is 2. The molecule has 0 saturated carbocycles. The molecule has 0 aliphatic carbocycles. The van der Waals surface area contributed by atoms with E-state index >= 15 is 0 Å². The van der Waals surface area contributed by atoms with Gasteiger partial charge in [0.1, 0.15) is 17.7 Å². The molecule has 1 atom stereocenters. The first-order chi connectivity index (χ1) is 7.18. The Morgan fingerprint density at radius 1 is 1.53 bits per heavy atom. The second-order valence-electron chi connectivity index (χ2n) is 3.72. The summed E-state index contributed by atoms with van der Waals surface area (Å²) in [5.74, 6) is 0.209. The van der Waals surface area contributed by atoms with E-state index in [-0.39, 0.29) is 18.0 Å². The lowest BCUT2D eigenvalue weighted by Crippen LogP contribution is -2.39. The van der Waals surface area contributed by atoms with Crippen molar-refractivity contribution in [3.8, 4) is 5.75 Å². The van der Waals surface area contributed by atoms with E-state index in [1.165, 1.54) is 6.07 Å². The highest BCUT2D eigenvalue weighted by Crippen LogP contribution is 2.28. The van der Waals surface area contributed by atoms with Gasteiger partial charge in [0.15, 0.2) is 0 Å². The summed E-state index contributed by atoms with van der Waals surface area (Å²) < 4.78 is 24.0. The maximum Gasteiger partial charge on any atom is 0.145 e. The molecule has 82 valence electrons. The zero-order chi connectivity index (χ0) is 10.8. The van der Waals surface area contributed by atoms with Gasteiger partial charge in [-0.1, -0.05) is 6.07 Å². The highest BCUT2D eigenvalue weighted by Gasteiger charge is 2.23. The first kappa shape index (κ1) is 10.4. The van der Waals surface area contributed by atoms with Gasteiger partial charge >= 0.3 is 0 Å². The molecule has 0 spiro atoms. The van der Waals surface area contributed by atoms with Crippen molar-refractivity contribution >= 4 is 0 Å². The monoisotopic (exact) mass is 211 g/mol. The van der Waals surface area contributed by atoms with Crippen LogP contribution in [0.15, 0.2) is 18.2 Å². The average Bonchev–Trinajstić information content (AvgIpc) is 2.10. The Hall–Kier alpha value is -1.13. The van der Waals surface area contributed by atoms with Gasteiger partial charge in [-0.3, -0.25) is 0 Å². The lowest BCUT2D eigenvalue weighted by Gasteiger charge is -2.28. The van der Waals surface area contributed by atoms with Crippen molar-refractivity contribution in [2.45, 2.75) is 19.1 Å². The van der Waals surface area contributed by atoms with E-state index in [2.05, 4.69) is 0 Å². The number of nitrogens with two attached hydrogens (primary N) is 1. The molecule has 2 rings (SSSR count). The second-order valence-corrected chi connectivity index (χ2v) is 3.72. The van der Waals surface area contributed by atoms with Crippen molar-refractivity contribution in [3.63, 3.8) is 0 Å². The fourth-order valence-corrected chi connectivity index (χ4v) is 1.52. The first-order valence-corrected chi connectivity index (χ1v) is 4.97. The summed E-state index contributed by atoms with van der Waals surface area (Å²) in [7, 11) is 0. The van der Waals surface area contributed by atoms with Gasteiger partial charge in [0.25, 0.3) is 0 Å². The summed E-state index contributed by atoms with van der Waals surface area (Å²) >= 11 is 0. The minimum absolute atomic E-state index is 0.0318. The van der Waals surface area contributed by atoms with Gasteiger partial charge in [-0.05, 0) is 19.1 Å². The fraction of sp³-hybridized carbons (Fsp3) is 0.455. The Morgan fingerprint density at radius 2 is 2.27 bits per heavy atom. The average molecular weight is 211 g/mol.